The van der Waals surface area contributed by atoms with Crippen molar-refractivity contribution in [1.29, 1.82) is 0 Å². The summed E-state index contributed by atoms with van der Waals surface area (Å²) in [5.41, 5.74) is -1.91. The van der Waals surface area contributed by atoms with Gasteiger partial charge in [0.1, 0.15) is 11.3 Å². The summed E-state index contributed by atoms with van der Waals surface area (Å²) in [7, 11) is 3.07. The first-order valence-corrected chi connectivity index (χ1v) is 10.4. The second-order valence-electron chi connectivity index (χ2n) is 8.90. The van der Waals surface area contributed by atoms with Gasteiger partial charge in [-0.25, -0.2) is 9.59 Å². The van der Waals surface area contributed by atoms with Gasteiger partial charge in [0.05, 0.1) is 23.7 Å². The fourth-order valence-electron chi connectivity index (χ4n) is 4.94. The molecule has 3 aromatic rings. The number of benzene rings is 2. The number of halogens is 3. The Kier molecular flexibility index (Phi) is 4.46. The first-order chi connectivity index (χ1) is 15.9. The monoisotopic (exact) mass is 471 g/mol. The predicted molar refractivity (Wildman–Crippen MR) is 119 cm³/mol. The van der Waals surface area contributed by atoms with Crippen molar-refractivity contribution in [2.24, 2.45) is 0 Å². The van der Waals surface area contributed by atoms with Crippen molar-refractivity contribution in [2.75, 3.05) is 19.1 Å². The topological polar surface area (TPSA) is 69.0 Å². The van der Waals surface area contributed by atoms with Crippen molar-refractivity contribution in [2.45, 2.75) is 31.2 Å². The number of anilines is 1. The Morgan fingerprint density at radius 3 is 2.53 bits per heavy atom. The number of ether oxygens (including phenoxy) is 2. The number of carbonyl (C=O) groups is 1. The second kappa shape index (κ2) is 6.88. The van der Waals surface area contributed by atoms with Crippen molar-refractivity contribution in [3.05, 3.63) is 75.1 Å². The van der Waals surface area contributed by atoms with E-state index in [9.17, 15) is 22.8 Å². The summed E-state index contributed by atoms with van der Waals surface area (Å²) in [6, 6.07) is 8.25. The van der Waals surface area contributed by atoms with Gasteiger partial charge in [0.25, 0.3) is 0 Å². The Bertz CT molecular complexity index is 1450. The van der Waals surface area contributed by atoms with Gasteiger partial charge in [-0.15, -0.1) is 0 Å². The number of alkyl halides is 3. The first-order valence-electron chi connectivity index (χ1n) is 10.4. The third kappa shape index (κ3) is 2.89. The number of nitrogens with zero attached hydrogens (tertiary/aromatic N) is 1. The molecular weight excluding hydrogens is 451 g/mol. The van der Waals surface area contributed by atoms with E-state index >= 15 is 0 Å². The highest BCUT2D eigenvalue weighted by molar-refractivity contribution is 5.91. The number of methoxy groups -OCH3 is 1. The largest absolute Gasteiger partial charge is 0.465 e. The number of hydrogen-bond acceptors (Lipinski definition) is 6. The fraction of sp³-hybridized carbons (Fsp3) is 0.280. The van der Waals surface area contributed by atoms with E-state index in [1.54, 1.807) is 25.2 Å². The molecule has 0 N–H and O–H groups in total. The summed E-state index contributed by atoms with van der Waals surface area (Å²) in [5, 5.41) is -0.188. The van der Waals surface area contributed by atoms with Gasteiger partial charge < -0.3 is 18.8 Å². The minimum Gasteiger partial charge on any atom is -0.465 e. The molecular formula is C25H20F3NO5. The molecule has 2 aromatic carbocycles. The zero-order valence-electron chi connectivity index (χ0n) is 18.7. The van der Waals surface area contributed by atoms with E-state index in [4.69, 9.17) is 13.9 Å². The molecule has 0 saturated heterocycles. The van der Waals surface area contributed by atoms with Crippen molar-refractivity contribution in [1.82, 2.24) is 0 Å². The quantitative estimate of drug-likeness (QED) is 0.362. The zero-order valence-corrected chi connectivity index (χ0v) is 18.7. The van der Waals surface area contributed by atoms with Crippen LogP contribution in [0.3, 0.4) is 0 Å². The van der Waals surface area contributed by atoms with E-state index in [0.717, 1.165) is 0 Å². The number of fused-ring (bicyclic) bond motifs is 3. The van der Waals surface area contributed by atoms with Crippen LogP contribution in [0.5, 0.6) is 5.75 Å². The zero-order chi connectivity index (χ0) is 24.6. The molecule has 9 heteroatoms. The maximum atomic E-state index is 13.7. The van der Waals surface area contributed by atoms with Crippen LogP contribution in [-0.2, 0) is 16.3 Å². The van der Waals surface area contributed by atoms with E-state index < -0.39 is 34.5 Å². The lowest BCUT2D eigenvalue weighted by molar-refractivity contribution is -0.136. The Balaban J connectivity index is 1.68. The lowest BCUT2D eigenvalue weighted by Crippen LogP contribution is -2.58. The lowest BCUT2D eigenvalue weighted by atomic mass is 9.76. The smallest absolute Gasteiger partial charge is 0.417 e. The Labute approximate surface area is 192 Å². The molecule has 0 fully saturated rings. The van der Waals surface area contributed by atoms with Crippen LogP contribution in [0.15, 0.2) is 51.7 Å². The van der Waals surface area contributed by atoms with Crippen molar-refractivity contribution >= 4 is 28.7 Å². The van der Waals surface area contributed by atoms with Gasteiger partial charge >= 0.3 is 17.8 Å². The third-order valence-corrected chi connectivity index (χ3v) is 6.78. The number of hydrogen-bond donors (Lipinski definition) is 0. The van der Waals surface area contributed by atoms with Gasteiger partial charge in [0.2, 0.25) is 5.72 Å². The number of carbonyl (C=O) groups excluding carboxylic acids is 1. The first kappa shape index (κ1) is 22.1. The van der Waals surface area contributed by atoms with Gasteiger partial charge in [-0.2, -0.15) is 13.2 Å². The molecule has 0 amide bonds. The third-order valence-electron chi connectivity index (χ3n) is 6.78. The van der Waals surface area contributed by atoms with E-state index in [0.29, 0.717) is 34.2 Å². The molecule has 0 aliphatic carbocycles. The summed E-state index contributed by atoms with van der Waals surface area (Å²) >= 11 is 0. The van der Waals surface area contributed by atoms with Crippen LogP contribution >= 0.6 is 0 Å². The Morgan fingerprint density at radius 1 is 1.12 bits per heavy atom. The molecule has 0 bridgehead atoms. The number of likely N-dealkylation sites (N-methyl/N-ethyl adjacent to an activating group) is 1. The highest BCUT2D eigenvalue weighted by Crippen LogP contribution is 2.55. The van der Waals surface area contributed by atoms with Crippen LogP contribution in [0, 0.1) is 0 Å². The molecule has 6 nitrogen and oxygen atoms in total. The van der Waals surface area contributed by atoms with E-state index in [2.05, 4.69) is 0 Å². The maximum Gasteiger partial charge on any atom is 0.417 e. The molecule has 1 unspecified atom stereocenters. The SMILES string of the molecule is COC(=O)c1ccc2c(c1)C=CC1(O2)N(C)c2cc3oc(=O)cc(C(F)(F)F)c3cc2C1(C)C. The normalized spacial score (nSPS) is 20.3. The molecule has 3 heterocycles. The van der Waals surface area contributed by atoms with Gasteiger partial charge in [-0.05, 0) is 55.8 Å². The molecule has 2 aliphatic rings. The van der Waals surface area contributed by atoms with Gasteiger partial charge in [-0.3, -0.25) is 0 Å². The summed E-state index contributed by atoms with van der Waals surface area (Å²) in [4.78, 5) is 25.5. The van der Waals surface area contributed by atoms with Crippen molar-refractivity contribution in [3.63, 3.8) is 0 Å². The molecule has 1 atom stereocenters. The van der Waals surface area contributed by atoms with Gasteiger partial charge in [0, 0.05) is 35.8 Å². The molecule has 5 rings (SSSR count). The summed E-state index contributed by atoms with van der Waals surface area (Å²) < 4.78 is 57.4. The minimum absolute atomic E-state index is 0.152. The fourth-order valence-corrected chi connectivity index (χ4v) is 4.94. The van der Waals surface area contributed by atoms with Crippen LogP contribution in [0.4, 0.5) is 18.9 Å². The molecule has 1 spiro atoms. The van der Waals surface area contributed by atoms with Gasteiger partial charge in [-0.1, -0.05) is 0 Å². The van der Waals surface area contributed by atoms with Crippen LogP contribution in [0.25, 0.3) is 17.0 Å². The van der Waals surface area contributed by atoms with Crippen molar-refractivity contribution in [3.8, 4) is 5.75 Å². The Morgan fingerprint density at radius 2 is 1.85 bits per heavy atom. The Hall–Kier alpha value is -3.75. The van der Waals surface area contributed by atoms with Gasteiger partial charge in [0.15, 0.2) is 0 Å². The van der Waals surface area contributed by atoms with E-state index in [1.165, 1.54) is 19.2 Å². The highest BCUT2D eigenvalue weighted by atomic mass is 19.4. The molecule has 0 saturated carbocycles. The highest BCUT2D eigenvalue weighted by Gasteiger charge is 2.58. The molecule has 0 radical (unpaired) electrons. The molecule has 1 aromatic heterocycles. The second-order valence-corrected chi connectivity index (χ2v) is 8.90. The summed E-state index contributed by atoms with van der Waals surface area (Å²) in [6.07, 6.45) is -1.08. The number of esters is 1. The van der Waals surface area contributed by atoms with E-state index in [-0.39, 0.29) is 11.0 Å². The van der Waals surface area contributed by atoms with Crippen molar-refractivity contribution < 1.29 is 31.9 Å². The van der Waals surface area contributed by atoms with Crippen LogP contribution in [-0.4, -0.2) is 25.9 Å². The molecule has 176 valence electrons. The number of rotatable bonds is 1. The van der Waals surface area contributed by atoms with Crippen LogP contribution in [0.1, 0.15) is 40.9 Å². The molecule has 2 aliphatic heterocycles. The molecule has 34 heavy (non-hydrogen) atoms. The van der Waals surface area contributed by atoms with Crippen LogP contribution in [0.2, 0.25) is 0 Å². The average molecular weight is 471 g/mol. The maximum absolute atomic E-state index is 13.7. The predicted octanol–water partition coefficient (Wildman–Crippen LogP) is 5.13. The average Bonchev–Trinajstić information content (AvgIpc) is 2.93. The standard InChI is InChI=1S/C25H20F3NO5/c1-23(2)17-10-15-16(25(26,27)28)11-21(30)33-20(15)12-18(17)29(3)24(23)8-7-13-9-14(22(31)32-4)5-6-19(13)34-24/h5-12H,1-4H3. The van der Waals surface area contributed by atoms with Crippen LogP contribution < -0.4 is 15.3 Å². The summed E-state index contributed by atoms with van der Waals surface area (Å²) in [6.45, 7) is 3.76. The van der Waals surface area contributed by atoms with E-state index in [1.807, 2.05) is 30.9 Å². The minimum atomic E-state index is -4.72. The summed E-state index contributed by atoms with van der Waals surface area (Å²) in [5.74, 6) is 0.0332. The lowest BCUT2D eigenvalue weighted by Gasteiger charge is -2.45.